The van der Waals surface area contributed by atoms with Gasteiger partial charge in [0, 0.05) is 19.5 Å². The molecule has 1 aromatic carbocycles. The Kier molecular flexibility index (Phi) is 8.42. The summed E-state index contributed by atoms with van der Waals surface area (Å²) in [6.45, 7) is 3.43. The lowest BCUT2D eigenvalue weighted by molar-refractivity contribution is -0.148. The summed E-state index contributed by atoms with van der Waals surface area (Å²) in [7, 11) is 3.14. The number of benzene rings is 1. The lowest BCUT2D eigenvalue weighted by atomic mass is 9.91. The Morgan fingerprint density at radius 3 is 2.57 bits per heavy atom. The van der Waals surface area contributed by atoms with Crippen molar-refractivity contribution in [1.82, 2.24) is 5.32 Å². The fraction of sp³-hybridized carbons (Fsp3) is 0.562. The monoisotopic (exact) mass is 311 g/mol. The molecule has 21 heavy (non-hydrogen) atoms. The first-order valence-electron chi connectivity index (χ1n) is 7.17. The van der Waals surface area contributed by atoms with Crippen LogP contribution in [-0.4, -0.2) is 44.8 Å². The molecule has 0 spiro atoms. The number of likely N-dealkylation sites (N-methyl/N-ethyl adjacent to an activating group) is 1. The van der Waals surface area contributed by atoms with Gasteiger partial charge < -0.3 is 9.47 Å². The van der Waals surface area contributed by atoms with E-state index in [2.05, 4.69) is 5.32 Å². The van der Waals surface area contributed by atoms with Gasteiger partial charge in [0.15, 0.2) is 5.54 Å². The summed E-state index contributed by atoms with van der Waals surface area (Å²) in [4.78, 5) is 12.4. The lowest BCUT2D eigenvalue weighted by Crippen LogP contribution is -2.52. The third kappa shape index (κ3) is 5.02. The van der Waals surface area contributed by atoms with Crippen LogP contribution in [0.1, 0.15) is 18.9 Å². The van der Waals surface area contributed by atoms with E-state index in [1.807, 2.05) is 37.3 Å². The van der Waals surface area contributed by atoms with Crippen molar-refractivity contribution in [3.05, 3.63) is 35.9 Å². The molecular formula is C16H25NO3S. The highest BCUT2D eigenvalue weighted by Crippen LogP contribution is 2.27. The molecule has 1 aromatic rings. The molecule has 0 aliphatic rings. The first kappa shape index (κ1) is 18.0. The first-order chi connectivity index (χ1) is 10.2. The molecule has 0 fully saturated rings. The predicted octanol–water partition coefficient (Wildman–Crippen LogP) is 2.43. The molecule has 4 nitrogen and oxygen atoms in total. The zero-order valence-electron chi connectivity index (χ0n) is 13.1. The highest BCUT2D eigenvalue weighted by atomic mass is 32.2. The maximum absolute atomic E-state index is 12.4. The molecule has 1 unspecified atom stereocenters. The Labute approximate surface area is 131 Å². The molecule has 0 amide bonds. The average molecular weight is 311 g/mol. The molecule has 1 rings (SSSR count). The average Bonchev–Trinajstić information content (AvgIpc) is 2.53. The Bertz CT molecular complexity index is 413. The Morgan fingerprint density at radius 2 is 2.00 bits per heavy atom. The number of hydrogen-bond donors (Lipinski definition) is 1. The van der Waals surface area contributed by atoms with Crippen molar-refractivity contribution in [2.24, 2.45) is 0 Å². The molecular weight excluding hydrogens is 286 g/mol. The van der Waals surface area contributed by atoms with E-state index in [-0.39, 0.29) is 5.97 Å². The molecule has 0 aromatic heterocycles. The molecule has 0 heterocycles. The summed E-state index contributed by atoms with van der Waals surface area (Å²) in [5.74, 6) is 1.35. The van der Waals surface area contributed by atoms with Crippen molar-refractivity contribution in [2.75, 3.05) is 38.9 Å². The van der Waals surface area contributed by atoms with Crippen LogP contribution < -0.4 is 5.32 Å². The number of carbonyl (C=O) groups excluding carboxylic acids is 1. The zero-order chi connectivity index (χ0) is 15.6. The fourth-order valence-corrected chi connectivity index (χ4v) is 3.37. The van der Waals surface area contributed by atoms with Gasteiger partial charge in [0.25, 0.3) is 0 Å². The number of hydrogen-bond acceptors (Lipinski definition) is 5. The van der Waals surface area contributed by atoms with E-state index in [0.717, 1.165) is 24.3 Å². The highest BCUT2D eigenvalue weighted by Gasteiger charge is 2.40. The molecule has 1 N–H and O–H groups in total. The van der Waals surface area contributed by atoms with Crippen molar-refractivity contribution in [2.45, 2.75) is 18.9 Å². The maximum atomic E-state index is 12.4. The SMILES string of the molecule is CCNC(CSCCCOC)(C(=O)OC)c1ccccc1. The smallest absolute Gasteiger partial charge is 0.331 e. The van der Waals surface area contributed by atoms with Crippen LogP contribution in [0.4, 0.5) is 0 Å². The minimum atomic E-state index is -0.789. The molecule has 118 valence electrons. The second-order valence-corrected chi connectivity index (χ2v) is 5.80. The summed E-state index contributed by atoms with van der Waals surface area (Å²) in [6.07, 6.45) is 0.972. The number of nitrogens with one attached hydrogen (secondary N) is 1. The summed E-state index contributed by atoms with van der Waals surface area (Å²) >= 11 is 1.74. The Morgan fingerprint density at radius 1 is 1.29 bits per heavy atom. The van der Waals surface area contributed by atoms with Gasteiger partial charge >= 0.3 is 5.97 Å². The van der Waals surface area contributed by atoms with E-state index in [1.54, 1.807) is 18.9 Å². The normalized spacial score (nSPS) is 13.7. The fourth-order valence-electron chi connectivity index (χ4n) is 2.21. The number of rotatable bonds is 10. The number of ether oxygens (including phenoxy) is 2. The van der Waals surface area contributed by atoms with Crippen molar-refractivity contribution in [1.29, 1.82) is 0 Å². The van der Waals surface area contributed by atoms with Crippen LogP contribution in [0.2, 0.25) is 0 Å². The van der Waals surface area contributed by atoms with E-state index >= 15 is 0 Å². The third-order valence-electron chi connectivity index (χ3n) is 3.23. The van der Waals surface area contributed by atoms with Crippen LogP contribution >= 0.6 is 11.8 Å². The third-order valence-corrected chi connectivity index (χ3v) is 4.45. The van der Waals surface area contributed by atoms with Crippen LogP contribution in [0.25, 0.3) is 0 Å². The largest absolute Gasteiger partial charge is 0.467 e. The molecule has 0 saturated carbocycles. The van der Waals surface area contributed by atoms with E-state index in [4.69, 9.17) is 9.47 Å². The van der Waals surface area contributed by atoms with Crippen molar-refractivity contribution >= 4 is 17.7 Å². The van der Waals surface area contributed by atoms with E-state index in [1.165, 1.54) is 7.11 Å². The quantitative estimate of drug-likeness (QED) is 0.531. The molecule has 0 bridgehead atoms. The number of thioether (sulfide) groups is 1. The molecule has 1 atom stereocenters. The second-order valence-electron chi connectivity index (χ2n) is 4.69. The molecule has 0 saturated heterocycles. The van der Waals surface area contributed by atoms with Gasteiger partial charge in [-0.25, -0.2) is 4.79 Å². The van der Waals surface area contributed by atoms with Crippen LogP contribution in [0.15, 0.2) is 30.3 Å². The van der Waals surface area contributed by atoms with Gasteiger partial charge in [-0.2, -0.15) is 11.8 Å². The predicted molar refractivity (Wildman–Crippen MR) is 87.6 cm³/mol. The minimum Gasteiger partial charge on any atom is -0.467 e. The number of carbonyl (C=O) groups is 1. The van der Waals surface area contributed by atoms with Crippen LogP contribution in [-0.2, 0) is 19.8 Å². The number of methoxy groups -OCH3 is 2. The van der Waals surface area contributed by atoms with Crippen LogP contribution in [0.3, 0.4) is 0 Å². The number of esters is 1. The van der Waals surface area contributed by atoms with Crippen molar-refractivity contribution in [3.8, 4) is 0 Å². The van der Waals surface area contributed by atoms with Gasteiger partial charge in [-0.15, -0.1) is 0 Å². The maximum Gasteiger partial charge on any atom is 0.331 e. The first-order valence-corrected chi connectivity index (χ1v) is 8.32. The van der Waals surface area contributed by atoms with Gasteiger partial charge in [0.05, 0.1) is 7.11 Å². The molecule has 0 aliphatic heterocycles. The van der Waals surface area contributed by atoms with Gasteiger partial charge in [-0.3, -0.25) is 5.32 Å². The van der Waals surface area contributed by atoms with E-state index in [9.17, 15) is 4.79 Å². The summed E-state index contributed by atoms with van der Waals surface area (Å²) < 4.78 is 10.1. The van der Waals surface area contributed by atoms with Crippen LogP contribution in [0, 0.1) is 0 Å². The highest BCUT2D eigenvalue weighted by molar-refractivity contribution is 7.99. The van der Waals surface area contributed by atoms with Gasteiger partial charge in [0.1, 0.15) is 0 Å². The van der Waals surface area contributed by atoms with Crippen molar-refractivity contribution in [3.63, 3.8) is 0 Å². The molecule has 0 radical (unpaired) electrons. The van der Waals surface area contributed by atoms with E-state index < -0.39 is 5.54 Å². The van der Waals surface area contributed by atoms with Gasteiger partial charge in [-0.05, 0) is 24.3 Å². The second kappa shape index (κ2) is 9.82. The summed E-state index contributed by atoms with van der Waals surface area (Å²) in [5, 5.41) is 3.33. The zero-order valence-corrected chi connectivity index (χ0v) is 13.9. The Balaban J connectivity index is 2.89. The lowest BCUT2D eigenvalue weighted by Gasteiger charge is -2.32. The van der Waals surface area contributed by atoms with Crippen molar-refractivity contribution < 1.29 is 14.3 Å². The molecule has 5 heteroatoms. The summed E-state index contributed by atoms with van der Waals surface area (Å²) in [5.41, 5.74) is 0.153. The molecule has 0 aliphatic carbocycles. The van der Waals surface area contributed by atoms with Crippen LogP contribution in [0.5, 0.6) is 0 Å². The van der Waals surface area contributed by atoms with Gasteiger partial charge in [-0.1, -0.05) is 37.3 Å². The van der Waals surface area contributed by atoms with Gasteiger partial charge in [0.2, 0.25) is 0 Å². The Hall–Kier alpha value is -1.04. The standard InChI is InChI=1S/C16H25NO3S/c1-4-17-16(15(18)20-3,13-21-12-8-11-19-2)14-9-6-5-7-10-14/h5-7,9-10,17H,4,8,11-13H2,1-3H3. The minimum absolute atomic E-state index is 0.241. The topological polar surface area (TPSA) is 47.6 Å². The summed E-state index contributed by atoms with van der Waals surface area (Å²) in [6, 6.07) is 9.77. The van der Waals surface area contributed by atoms with E-state index in [0.29, 0.717) is 12.3 Å².